The predicted molar refractivity (Wildman–Crippen MR) is 123 cm³/mol. The number of Topliss-reactive ketones (excluding diaryl/α,β-unsaturated/α-hetero) is 1. The topological polar surface area (TPSA) is 57.5 Å². The Bertz CT molecular complexity index is 736. The third-order valence-electron chi connectivity index (χ3n) is 8.26. The Hall–Kier alpha value is -1.19. The lowest BCUT2D eigenvalue weighted by Crippen LogP contribution is -2.35. The van der Waals surface area contributed by atoms with Crippen molar-refractivity contribution in [3.05, 3.63) is 34.9 Å². The van der Waals surface area contributed by atoms with Gasteiger partial charge in [-0.1, -0.05) is 44.9 Å². The third kappa shape index (κ3) is 5.16. The second kappa shape index (κ2) is 9.12. The minimum Gasteiger partial charge on any atom is -0.392 e. The van der Waals surface area contributed by atoms with Crippen LogP contribution in [0.25, 0.3) is 0 Å². The molecule has 3 nitrogen and oxygen atoms in total. The second-order valence-corrected chi connectivity index (χ2v) is 11.1. The van der Waals surface area contributed by atoms with Crippen molar-refractivity contribution >= 4 is 5.78 Å². The van der Waals surface area contributed by atoms with Crippen molar-refractivity contribution < 1.29 is 15.0 Å². The fourth-order valence-corrected chi connectivity index (χ4v) is 6.45. The van der Waals surface area contributed by atoms with Gasteiger partial charge in [0.1, 0.15) is 0 Å². The minimum atomic E-state index is -0.561. The molecule has 2 unspecified atom stereocenters. The van der Waals surface area contributed by atoms with Gasteiger partial charge in [-0.05, 0) is 99.2 Å². The number of aliphatic hydroxyl groups excluding tert-OH is 1. The van der Waals surface area contributed by atoms with Gasteiger partial charge in [0.05, 0.1) is 11.7 Å². The number of rotatable bonds is 7. The summed E-state index contributed by atoms with van der Waals surface area (Å²) in [7, 11) is 0. The minimum absolute atomic E-state index is 0.0803. The molecule has 30 heavy (non-hydrogen) atoms. The number of carbonyl (C=O) groups excluding carboxylic acids is 1. The van der Waals surface area contributed by atoms with Gasteiger partial charge in [0.15, 0.2) is 5.78 Å². The molecule has 0 aliphatic heterocycles. The Labute approximate surface area is 183 Å². The molecule has 1 fully saturated rings. The van der Waals surface area contributed by atoms with Gasteiger partial charge in [-0.25, -0.2) is 0 Å². The first-order chi connectivity index (χ1) is 14.0. The number of carbonyl (C=O) groups is 1. The molecule has 3 aliphatic carbocycles. The quantitative estimate of drug-likeness (QED) is 0.544. The van der Waals surface area contributed by atoms with E-state index in [0.717, 1.165) is 36.3 Å². The van der Waals surface area contributed by atoms with Crippen molar-refractivity contribution in [2.45, 2.75) is 104 Å². The Morgan fingerprint density at radius 1 is 1.27 bits per heavy atom. The summed E-state index contributed by atoms with van der Waals surface area (Å²) in [5.41, 5.74) is 3.03. The number of hydrogen-bond donors (Lipinski definition) is 2. The highest BCUT2D eigenvalue weighted by Gasteiger charge is 2.49. The molecule has 0 saturated heterocycles. The molecule has 0 spiro atoms. The highest BCUT2D eigenvalue weighted by atomic mass is 16.3. The van der Waals surface area contributed by atoms with E-state index in [-0.39, 0.29) is 12.2 Å². The average molecular weight is 415 g/mol. The van der Waals surface area contributed by atoms with Gasteiger partial charge >= 0.3 is 0 Å². The van der Waals surface area contributed by atoms with Crippen LogP contribution in [0, 0.1) is 23.2 Å². The van der Waals surface area contributed by atoms with Crippen LogP contribution in [-0.2, 0) is 4.79 Å². The van der Waals surface area contributed by atoms with E-state index in [1.807, 2.05) is 20.8 Å². The summed E-state index contributed by atoms with van der Waals surface area (Å²) in [6.07, 6.45) is 15.1. The first-order valence-electron chi connectivity index (χ1n) is 12.0. The van der Waals surface area contributed by atoms with E-state index in [2.05, 4.69) is 32.1 Å². The lowest BCUT2D eigenvalue weighted by molar-refractivity contribution is -0.117. The van der Waals surface area contributed by atoms with Gasteiger partial charge < -0.3 is 10.2 Å². The molecular formula is C27H42O3. The molecule has 3 aliphatic rings. The Morgan fingerprint density at radius 2 is 2.00 bits per heavy atom. The monoisotopic (exact) mass is 414 g/mol. The largest absolute Gasteiger partial charge is 0.392 e. The number of aliphatic hydroxyl groups is 2. The van der Waals surface area contributed by atoms with Crippen molar-refractivity contribution in [2.24, 2.45) is 23.2 Å². The maximum absolute atomic E-state index is 12.1. The van der Waals surface area contributed by atoms with Crippen LogP contribution < -0.4 is 0 Å². The first kappa shape index (κ1) is 23.5. The van der Waals surface area contributed by atoms with E-state index in [1.165, 1.54) is 31.3 Å². The van der Waals surface area contributed by atoms with E-state index in [1.54, 1.807) is 0 Å². The Kier molecular flexibility index (Phi) is 7.14. The highest BCUT2D eigenvalue weighted by molar-refractivity contribution is 5.97. The summed E-state index contributed by atoms with van der Waals surface area (Å²) in [6, 6.07) is 0. The van der Waals surface area contributed by atoms with Gasteiger partial charge in [0.2, 0.25) is 0 Å². The Morgan fingerprint density at radius 3 is 2.70 bits per heavy atom. The standard InChI is InChI=1S/C27H42O3/c1-18(8-6-14-26(3,4)30)23-12-13-24-20(9-7-15-27(23,24)5)10-11-21-16-22(28)17-25(29)19(21)2/h9-11,18,22-24,28,30H,6-8,12-17H2,1-5H3/b11-10-/t18?,22-,23-,24?,27-/m1/s1. The molecule has 0 aromatic carbocycles. The van der Waals surface area contributed by atoms with Crippen molar-refractivity contribution in [1.29, 1.82) is 0 Å². The predicted octanol–water partition coefficient (Wildman–Crippen LogP) is 5.91. The lowest BCUT2D eigenvalue weighted by Gasteiger charge is -2.43. The van der Waals surface area contributed by atoms with Crippen LogP contribution in [0.1, 0.15) is 92.4 Å². The number of allylic oxidation sites excluding steroid dienone is 5. The summed E-state index contributed by atoms with van der Waals surface area (Å²) < 4.78 is 0. The van der Waals surface area contributed by atoms with E-state index < -0.39 is 11.7 Å². The zero-order valence-electron chi connectivity index (χ0n) is 19.7. The van der Waals surface area contributed by atoms with E-state index in [9.17, 15) is 15.0 Å². The molecule has 3 rings (SSSR count). The van der Waals surface area contributed by atoms with E-state index in [4.69, 9.17) is 0 Å². The van der Waals surface area contributed by atoms with Gasteiger partial charge in [-0.2, -0.15) is 0 Å². The zero-order chi connectivity index (χ0) is 22.1. The van der Waals surface area contributed by atoms with Crippen molar-refractivity contribution in [2.75, 3.05) is 0 Å². The van der Waals surface area contributed by atoms with Crippen LogP contribution in [0.2, 0.25) is 0 Å². The smallest absolute Gasteiger partial charge is 0.161 e. The van der Waals surface area contributed by atoms with Crippen LogP contribution in [0.15, 0.2) is 34.9 Å². The van der Waals surface area contributed by atoms with Crippen molar-refractivity contribution in [3.63, 3.8) is 0 Å². The molecule has 0 amide bonds. The summed E-state index contributed by atoms with van der Waals surface area (Å²) >= 11 is 0. The highest BCUT2D eigenvalue weighted by Crippen LogP contribution is 2.58. The lowest BCUT2D eigenvalue weighted by atomic mass is 9.62. The molecule has 0 bridgehead atoms. The molecule has 5 atom stereocenters. The average Bonchev–Trinajstić information content (AvgIpc) is 3.00. The van der Waals surface area contributed by atoms with Gasteiger partial charge in [0, 0.05) is 6.42 Å². The molecule has 3 heteroatoms. The first-order valence-corrected chi connectivity index (χ1v) is 12.0. The summed E-state index contributed by atoms with van der Waals surface area (Å²) in [4.78, 5) is 12.1. The molecule has 0 aromatic heterocycles. The summed E-state index contributed by atoms with van der Waals surface area (Å²) in [6.45, 7) is 10.6. The number of ketones is 1. The maximum atomic E-state index is 12.1. The van der Waals surface area contributed by atoms with Crippen LogP contribution in [-0.4, -0.2) is 27.7 Å². The molecule has 0 heterocycles. The van der Waals surface area contributed by atoms with Gasteiger partial charge in [-0.3, -0.25) is 4.79 Å². The zero-order valence-corrected chi connectivity index (χ0v) is 19.7. The molecule has 2 N–H and O–H groups in total. The summed E-state index contributed by atoms with van der Waals surface area (Å²) in [5.74, 6) is 2.09. The number of hydrogen-bond acceptors (Lipinski definition) is 3. The van der Waals surface area contributed by atoms with Crippen LogP contribution >= 0.6 is 0 Å². The second-order valence-electron chi connectivity index (χ2n) is 11.1. The molecule has 1 saturated carbocycles. The fraction of sp³-hybridized carbons (Fsp3) is 0.741. The van der Waals surface area contributed by atoms with Crippen molar-refractivity contribution in [1.82, 2.24) is 0 Å². The third-order valence-corrected chi connectivity index (χ3v) is 8.26. The molecular weight excluding hydrogens is 372 g/mol. The van der Waals surface area contributed by atoms with Crippen LogP contribution in [0.4, 0.5) is 0 Å². The molecule has 168 valence electrons. The SMILES string of the molecule is CC1=C(/C=C\C2=CCC[C@@]3(C)C2CC[C@@H]3C(C)CCCC(C)(C)O)C[C@@H](O)CC1=O. The van der Waals surface area contributed by atoms with Crippen LogP contribution in [0.5, 0.6) is 0 Å². The molecule has 0 radical (unpaired) electrons. The number of fused-ring (bicyclic) bond motifs is 1. The summed E-state index contributed by atoms with van der Waals surface area (Å²) in [5, 5.41) is 20.0. The van der Waals surface area contributed by atoms with Gasteiger partial charge in [0.25, 0.3) is 0 Å². The van der Waals surface area contributed by atoms with Gasteiger partial charge in [-0.15, -0.1) is 0 Å². The van der Waals surface area contributed by atoms with Crippen molar-refractivity contribution in [3.8, 4) is 0 Å². The van der Waals surface area contributed by atoms with E-state index >= 15 is 0 Å². The Balaban J connectivity index is 1.69. The molecule has 0 aromatic rings. The fourth-order valence-electron chi connectivity index (χ4n) is 6.45. The van der Waals surface area contributed by atoms with E-state index in [0.29, 0.717) is 23.7 Å². The van der Waals surface area contributed by atoms with Crippen LogP contribution in [0.3, 0.4) is 0 Å². The normalized spacial score (nSPS) is 33.8. The maximum Gasteiger partial charge on any atom is 0.161 e.